The fourth-order valence-electron chi connectivity index (χ4n) is 2.20. The molecule has 0 bridgehead atoms. The molecule has 3 nitrogen and oxygen atoms in total. The summed E-state index contributed by atoms with van der Waals surface area (Å²) in [6, 6.07) is 19.1. The molecule has 0 atom stereocenters. The number of allylic oxidation sites excluding steroid dienone is 1. The summed E-state index contributed by atoms with van der Waals surface area (Å²) in [4.78, 5) is 0.264. The Labute approximate surface area is 151 Å². The Kier molecular flexibility index (Phi) is 6.85. The Hall–Kier alpha value is -2.51. The van der Waals surface area contributed by atoms with Crippen molar-refractivity contribution in [3.05, 3.63) is 77.9 Å². The third-order valence-corrected chi connectivity index (χ3v) is 5.33. The second-order valence-corrected chi connectivity index (χ2v) is 7.52. The molecule has 0 aliphatic heterocycles. The van der Waals surface area contributed by atoms with E-state index < -0.39 is 10.0 Å². The summed E-state index contributed by atoms with van der Waals surface area (Å²) in [5.41, 5.74) is 1.81. The molecule has 4 heteroatoms. The molecular weight excluding hydrogens is 330 g/mol. The van der Waals surface area contributed by atoms with E-state index in [1.807, 2.05) is 56.3 Å². The first-order valence-corrected chi connectivity index (χ1v) is 9.79. The minimum Gasteiger partial charge on any atom is -0.224 e. The van der Waals surface area contributed by atoms with Crippen LogP contribution < -0.4 is 0 Å². The van der Waals surface area contributed by atoms with Crippen LogP contribution in [0.1, 0.15) is 30.9 Å². The van der Waals surface area contributed by atoms with Gasteiger partial charge in [-0.25, -0.2) is 12.7 Å². The first kappa shape index (κ1) is 18.8. The highest BCUT2D eigenvalue weighted by molar-refractivity contribution is 7.89. The summed E-state index contributed by atoms with van der Waals surface area (Å²) in [6.45, 7) is 4.30. The number of hydrogen-bond donors (Lipinski definition) is 0. The van der Waals surface area contributed by atoms with Gasteiger partial charge in [-0.2, -0.15) is 0 Å². The smallest absolute Gasteiger partial charge is 0.224 e. The van der Waals surface area contributed by atoms with E-state index in [1.165, 1.54) is 4.31 Å². The fraction of sp³-hybridized carbons (Fsp3) is 0.238. The molecule has 0 saturated carbocycles. The van der Waals surface area contributed by atoms with E-state index >= 15 is 0 Å². The minimum absolute atomic E-state index is 0.264. The maximum Gasteiger partial charge on any atom is 0.270 e. The van der Waals surface area contributed by atoms with Crippen LogP contribution in [0.5, 0.6) is 0 Å². The standard InChI is InChI=1S/C21H23NO2S/c1-3-4-5-9-17-22(18-16-20-10-7-6-8-11-20)25(23,24)21-14-12-19(2)13-15-21/h4-8,10-15H,3,9,17H2,1-2H3/b5-4-. The Balaban J connectivity index is 2.31. The zero-order valence-corrected chi connectivity index (χ0v) is 15.5. The highest BCUT2D eigenvalue weighted by atomic mass is 32.2. The predicted molar refractivity (Wildman–Crippen MR) is 102 cm³/mol. The van der Waals surface area contributed by atoms with Gasteiger partial charge in [-0.3, -0.25) is 0 Å². The lowest BCUT2D eigenvalue weighted by atomic mass is 10.2. The average molecular weight is 353 g/mol. The summed E-state index contributed by atoms with van der Waals surface area (Å²) in [5.74, 6) is 2.95. The average Bonchev–Trinajstić information content (AvgIpc) is 2.62. The molecule has 2 aromatic rings. The van der Waals surface area contributed by atoms with Gasteiger partial charge in [0.2, 0.25) is 0 Å². The minimum atomic E-state index is -3.65. The van der Waals surface area contributed by atoms with E-state index in [2.05, 4.69) is 12.0 Å². The van der Waals surface area contributed by atoms with Crippen LogP contribution in [-0.4, -0.2) is 19.3 Å². The van der Waals surface area contributed by atoms with Crippen molar-refractivity contribution in [3.8, 4) is 12.0 Å². The van der Waals surface area contributed by atoms with Gasteiger partial charge in [-0.05, 0) is 50.0 Å². The molecule has 0 saturated heterocycles. The molecule has 0 fully saturated rings. The van der Waals surface area contributed by atoms with Gasteiger partial charge >= 0.3 is 0 Å². The van der Waals surface area contributed by atoms with Crippen LogP contribution in [-0.2, 0) is 10.0 Å². The topological polar surface area (TPSA) is 37.4 Å². The van der Waals surface area contributed by atoms with E-state index in [1.54, 1.807) is 24.3 Å². The van der Waals surface area contributed by atoms with E-state index in [9.17, 15) is 8.42 Å². The normalized spacial score (nSPS) is 11.1. The van der Waals surface area contributed by atoms with Crippen LogP contribution in [0.15, 0.2) is 71.6 Å². The molecule has 130 valence electrons. The molecule has 0 aliphatic carbocycles. The zero-order chi connectivity index (χ0) is 18.1. The van der Waals surface area contributed by atoms with Crippen molar-refractivity contribution in [1.29, 1.82) is 0 Å². The molecule has 0 aliphatic rings. The maximum absolute atomic E-state index is 12.9. The van der Waals surface area contributed by atoms with Crippen molar-refractivity contribution in [2.24, 2.45) is 0 Å². The molecule has 0 heterocycles. The first-order chi connectivity index (χ1) is 12.0. The second kappa shape index (κ2) is 9.10. The van der Waals surface area contributed by atoms with Gasteiger partial charge in [-0.15, -0.1) is 0 Å². The summed E-state index contributed by atoms with van der Waals surface area (Å²) in [7, 11) is -3.65. The van der Waals surface area contributed by atoms with Crippen LogP contribution in [0.25, 0.3) is 0 Å². The number of hydrogen-bond acceptors (Lipinski definition) is 2. The summed E-state index contributed by atoms with van der Waals surface area (Å²) in [5, 5.41) is 0. The molecule has 0 unspecified atom stereocenters. The quantitative estimate of drug-likeness (QED) is 0.440. The van der Waals surface area contributed by atoms with Crippen molar-refractivity contribution >= 4 is 10.0 Å². The van der Waals surface area contributed by atoms with E-state index in [-0.39, 0.29) is 4.90 Å². The molecule has 0 spiro atoms. The van der Waals surface area contributed by atoms with Gasteiger partial charge in [0.15, 0.2) is 0 Å². The van der Waals surface area contributed by atoms with Crippen LogP contribution in [0, 0.1) is 18.9 Å². The lowest BCUT2D eigenvalue weighted by molar-refractivity contribution is 0.514. The maximum atomic E-state index is 12.9. The van der Waals surface area contributed by atoms with Crippen LogP contribution >= 0.6 is 0 Å². The van der Waals surface area contributed by atoms with Crippen molar-refractivity contribution in [2.45, 2.75) is 31.6 Å². The number of benzene rings is 2. The molecule has 25 heavy (non-hydrogen) atoms. The number of aryl methyl sites for hydroxylation is 1. The predicted octanol–water partition coefficient (Wildman–Crippen LogP) is 4.35. The van der Waals surface area contributed by atoms with E-state index in [0.29, 0.717) is 13.0 Å². The Morgan fingerprint density at radius 2 is 1.68 bits per heavy atom. The summed E-state index contributed by atoms with van der Waals surface area (Å²) < 4.78 is 27.1. The summed E-state index contributed by atoms with van der Waals surface area (Å²) in [6.07, 6.45) is 5.58. The SMILES string of the molecule is CC/C=C\CCN(C#Cc1ccccc1)S(=O)(=O)c1ccc(C)cc1. The lowest BCUT2D eigenvalue weighted by Crippen LogP contribution is -2.27. The van der Waals surface area contributed by atoms with Gasteiger partial charge in [0.25, 0.3) is 10.0 Å². The molecule has 0 radical (unpaired) electrons. The number of sulfonamides is 1. The van der Waals surface area contributed by atoms with Crippen LogP contribution in [0.4, 0.5) is 0 Å². The van der Waals surface area contributed by atoms with Gasteiger partial charge in [0.05, 0.1) is 4.90 Å². The number of rotatable bonds is 6. The van der Waals surface area contributed by atoms with Crippen molar-refractivity contribution in [3.63, 3.8) is 0 Å². The van der Waals surface area contributed by atoms with Crippen molar-refractivity contribution in [1.82, 2.24) is 4.31 Å². The Bertz CT molecular complexity index is 858. The number of nitrogens with zero attached hydrogens (tertiary/aromatic N) is 1. The Morgan fingerprint density at radius 1 is 1.00 bits per heavy atom. The molecular formula is C21H23NO2S. The molecule has 0 N–H and O–H groups in total. The summed E-state index contributed by atoms with van der Waals surface area (Å²) >= 11 is 0. The zero-order valence-electron chi connectivity index (χ0n) is 14.6. The van der Waals surface area contributed by atoms with Gasteiger partial charge in [-0.1, -0.05) is 55.0 Å². The van der Waals surface area contributed by atoms with Crippen LogP contribution in [0.2, 0.25) is 0 Å². The molecule has 2 aromatic carbocycles. The van der Waals surface area contributed by atoms with Crippen LogP contribution in [0.3, 0.4) is 0 Å². The monoisotopic (exact) mass is 353 g/mol. The third-order valence-electron chi connectivity index (χ3n) is 3.61. The highest BCUT2D eigenvalue weighted by Gasteiger charge is 2.21. The highest BCUT2D eigenvalue weighted by Crippen LogP contribution is 2.16. The Morgan fingerprint density at radius 3 is 2.32 bits per heavy atom. The molecule has 2 rings (SSSR count). The van der Waals surface area contributed by atoms with Gasteiger partial charge < -0.3 is 0 Å². The van der Waals surface area contributed by atoms with Crippen molar-refractivity contribution in [2.75, 3.05) is 6.54 Å². The van der Waals surface area contributed by atoms with E-state index in [4.69, 9.17) is 0 Å². The first-order valence-electron chi connectivity index (χ1n) is 8.35. The van der Waals surface area contributed by atoms with Gasteiger partial charge in [0.1, 0.15) is 0 Å². The second-order valence-electron chi connectivity index (χ2n) is 5.66. The molecule has 0 amide bonds. The fourth-order valence-corrected chi connectivity index (χ4v) is 3.44. The largest absolute Gasteiger partial charge is 0.270 e. The van der Waals surface area contributed by atoms with Crippen molar-refractivity contribution < 1.29 is 8.42 Å². The lowest BCUT2D eigenvalue weighted by Gasteiger charge is -2.17. The molecule has 0 aromatic heterocycles. The van der Waals surface area contributed by atoms with E-state index in [0.717, 1.165) is 17.5 Å². The third kappa shape index (κ3) is 5.51. The van der Waals surface area contributed by atoms with Gasteiger partial charge in [0, 0.05) is 18.2 Å².